The minimum Gasteiger partial charge on any atom is -0.243 e. The molecule has 0 N–H and O–H groups in total. The van der Waals surface area contributed by atoms with Crippen LogP contribution in [0, 0.1) is 18.3 Å². The van der Waals surface area contributed by atoms with E-state index in [9.17, 15) is 0 Å². The van der Waals surface area contributed by atoms with Crippen LogP contribution in [0.1, 0.15) is 11.3 Å². The smallest absolute Gasteiger partial charge is 0.159 e. The highest BCUT2D eigenvalue weighted by atomic mass is 35.5. The predicted octanol–water partition coefficient (Wildman–Crippen LogP) is 3.16. The van der Waals surface area contributed by atoms with Gasteiger partial charge >= 0.3 is 0 Å². The number of pyridine rings is 2. The summed E-state index contributed by atoms with van der Waals surface area (Å²) in [4.78, 5) is 8.31. The highest BCUT2D eigenvalue weighted by Gasteiger charge is 2.12. The van der Waals surface area contributed by atoms with Crippen molar-refractivity contribution >= 4 is 11.6 Å². The van der Waals surface area contributed by atoms with Gasteiger partial charge < -0.3 is 0 Å². The molecule has 0 aromatic carbocycles. The Morgan fingerprint density at radius 3 is 2.81 bits per heavy atom. The van der Waals surface area contributed by atoms with E-state index in [-0.39, 0.29) is 5.69 Å². The number of hydrogen-bond acceptors (Lipinski definition) is 4. The molecule has 0 saturated carbocycles. The molecule has 0 atom stereocenters. The fourth-order valence-electron chi connectivity index (χ4n) is 2.02. The zero-order valence-corrected chi connectivity index (χ0v) is 11.9. The molecular formula is C15H10ClN5. The molecule has 0 bridgehead atoms. The summed E-state index contributed by atoms with van der Waals surface area (Å²) in [5.41, 5.74) is 2.76. The number of nitrogens with zero attached hydrogens (tertiary/aromatic N) is 5. The molecule has 0 saturated heterocycles. The Hall–Kier alpha value is -2.71. The van der Waals surface area contributed by atoms with Gasteiger partial charge in [0.15, 0.2) is 11.5 Å². The summed E-state index contributed by atoms with van der Waals surface area (Å²) in [6.07, 6.45) is 6.93. The largest absolute Gasteiger partial charge is 0.243 e. The second kappa shape index (κ2) is 5.35. The van der Waals surface area contributed by atoms with Gasteiger partial charge in [-0.3, -0.25) is 0 Å². The molecule has 0 spiro atoms. The van der Waals surface area contributed by atoms with Gasteiger partial charge in [-0.2, -0.15) is 10.4 Å². The number of rotatable bonds is 2. The van der Waals surface area contributed by atoms with Gasteiger partial charge in [-0.25, -0.2) is 14.6 Å². The second-order valence-electron chi connectivity index (χ2n) is 4.43. The lowest BCUT2D eigenvalue weighted by atomic mass is 10.1. The van der Waals surface area contributed by atoms with Crippen LogP contribution in [0.3, 0.4) is 0 Å². The Balaban J connectivity index is 2.06. The van der Waals surface area contributed by atoms with Crippen molar-refractivity contribution < 1.29 is 0 Å². The van der Waals surface area contributed by atoms with Crippen molar-refractivity contribution in [3.63, 3.8) is 0 Å². The monoisotopic (exact) mass is 295 g/mol. The Morgan fingerprint density at radius 1 is 1.24 bits per heavy atom. The van der Waals surface area contributed by atoms with Crippen molar-refractivity contribution in [3.05, 3.63) is 59.3 Å². The van der Waals surface area contributed by atoms with Crippen molar-refractivity contribution in [2.45, 2.75) is 6.92 Å². The van der Waals surface area contributed by atoms with Crippen LogP contribution < -0.4 is 0 Å². The Kier molecular flexibility index (Phi) is 3.38. The Bertz CT molecular complexity index is 833. The highest BCUT2D eigenvalue weighted by molar-refractivity contribution is 6.32. The van der Waals surface area contributed by atoms with Gasteiger partial charge in [0.1, 0.15) is 6.07 Å². The molecule has 0 aliphatic carbocycles. The van der Waals surface area contributed by atoms with Crippen molar-refractivity contribution in [2.24, 2.45) is 0 Å². The van der Waals surface area contributed by atoms with Gasteiger partial charge in [-0.15, -0.1) is 0 Å². The van der Waals surface area contributed by atoms with E-state index in [4.69, 9.17) is 16.9 Å². The third kappa shape index (κ3) is 2.37. The minimum absolute atomic E-state index is 0.232. The van der Waals surface area contributed by atoms with Crippen molar-refractivity contribution in [1.29, 1.82) is 5.26 Å². The van der Waals surface area contributed by atoms with E-state index in [0.717, 1.165) is 22.5 Å². The molecule has 0 aliphatic rings. The average Bonchev–Trinajstić information content (AvgIpc) is 3.00. The van der Waals surface area contributed by atoms with Gasteiger partial charge in [0.2, 0.25) is 0 Å². The normalized spacial score (nSPS) is 10.3. The van der Waals surface area contributed by atoms with E-state index in [1.54, 1.807) is 23.3 Å². The molecule has 0 radical (unpaired) electrons. The number of hydrogen-bond donors (Lipinski definition) is 0. The minimum atomic E-state index is 0.232. The average molecular weight is 296 g/mol. The molecule has 0 amide bonds. The predicted molar refractivity (Wildman–Crippen MR) is 79.1 cm³/mol. The lowest BCUT2D eigenvalue weighted by molar-refractivity contribution is 0.847. The van der Waals surface area contributed by atoms with Gasteiger partial charge in [-0.1, -0.05) is 17.7 Å². The molecule has 3 aromatic rings. The van der Waals surface area contributed by atoms with Crippen LogP contribution >= 0.6 is 11.6 Å². The van der Waals surface area contributed by atoms with E-state index in [0.29, 0.717) is 5.02 Å². The van der Waals surface area contributed by atoms with Crippen LogP contribution in [0.25, 0.3) is 16.9 Å². The first kappa shape index (κ1) is 13.3. The third-order valence-electron chi connectivity index (χ3n) is 3.15. The van der Waals surface area contributed by atoms with Crippen LogP contribution in [0.2, 0.25) is 5.02 Å². The van der Waals surface area contributed by atoms with Gasteiger partial charge in [0.25, 0.3) is 0 Å². The Morgan fingerprint density at radius 2 is 2.10 bits per heavy atom. The van der Waals surface area contributed by atoms with Crippen LogP contribution in [-0.4, -0.2) is 19.7 Å². The van der Waals surface area contributed by atoms with E-state index in [2.05, 4.69) is 15.1 Å². The maximum Gasteiger partial charge on any atom is 0.159 e. The summed E-state index contributed by atoms with van der Waals surface area (Å²) in [7, 11) is 0. The fraction of sp³-hybridized carbons (Fsp3) is 0.0667. The topological polar surface area (TPSA) is 67.4 Å². The molecular weight excluding hydrogens is 286 g/mol. The zero-order valence-electron chi connectivity index (χ0n) is 11.2. The molecule has 102 valence electrons. The Labute approximate surface area is 126 Å². The number of halogens is 1. The van der Waals surface area contributed by atoms with Crippen LogP contribution in [0.4, 0.5) is 0 Å². The summed E-state index contributed by atoms with van der Waals surface area (Å²) in [5.74, 6) is 0.731. The van der Waals surface area contributed by atoms with E-state index >= 15 is 0 Å². The standard InChI is InChI=1S/C15H10ClN5/c1-10-12(8-19-13(6-17)15(10)16)11-7-20-21(9-11)14-4-2-3-5-18-14/h2-5,7-9H,1H3. The van der Waals surface area contributed by atoms with Crippen molar-refractivity contribution in [2.75, 3.05) is 0 Å². The molecule has 3 heterocycles. The first-order valence-electron chi connectivity index (χ1n) is 6.22. The first-order valence-corrected chi connectivity index (χ1v) is 6.60. The molecule has 6 heteroatoms. The van der Waals surface area contributed by atoms with Crippen molar-refractivity contribution in [1.82, 2.24) is 19.7 Å². The molecule has 5 nitrogen and oxygen atoms in total. The molecule has 0 fully saturated rings. The lowest BCUT2D eigenvalue weighted by Gasteiger charge is -2.05. The third-order valence-corrected chi connectivity index (χ3v) is 3.61. The molecule has 3 rings (SSSR count). The summed E-state index contributed by atoms with van der Waals surface area (Å²) in [6.45, 7) is 1.86. The second-order valence-corrected chi connectivity index (χ2v) is 4.81. The molecule has 0 aliphatic heterocycles. The first-order chi connectivity index (χ1) is 10.2. The lowest BCUT2D eigenvalue weighted by Crippen LogP contribution is -1.96. The molecule has 3 aromatic heterocycles. The van der Waals surface area contributed by atoms with Crippen LogP contribution in [-0.2, 0) is 0 Å². The summed E-state index contributed by atoms with van der Waals surface area (Å²) in [5, 5.41) is 13.6. The van der Waals surface area contributed by atoms with Gasteiger partial charge in [0.05, 0.1) is 11.2 Å². The van der Waals surface area contributed by atoms with Gasteiger partial charge in [-0.05, 0) is 24.6 Å². The molecule has 21 heavy (non-hydrogen) atoms. The number of aromatic nitrogens is 4. The van der Waals surface area contributed by atoms with E-state index in [1.165, 1.54) is 0 Å². The quantitative estimate of drug-likeness (QED) is 0.728. The SMILES string of the molecule is Cc1c(-c2cnn(-c3ccccn3)c2)cnc(C#N)c1Cl. The number of nitriles is 1. The zero-order chi connectivity index (χ0) is 14.8. The summed E-state index contributed by atoms with van der Waals surface area (Å²) < 4.78 is 1.68. The van der Waals surface area contributed by atoms with E-state index in [1.807, 2.05) is 37.4 Å². The van der Waals surface area contributed by atoms with Crippen LogP contribution in [0.15, 0.2) is 43.0 Å². The summed E-state index contributed by atoms with van der Waals surface area (Å²) in [6, 6.07) is 7.59. The molecule has 0 unspecified atom stereocenters. The van der Waals surface area contributed by atoms with Crippen LogP contribution in [0.5, 0.6) is 0 Å². The van der Waals surface area contributed by atoms with Crippen molar-refractivity contribution in [3.8, 4) is 23.0 Å². The fourth-order valence-corrected chi connectivity index (χ4v) is 2.22. The maximum absolute atomic E-state index is 8.94. The maximum atomic E-state index is 8.94. The summed E-state index contributed by atoms with van der Waals surface area (Å²) >= 11 is 6.15. The van der Waals surface area contributed by atoms with E-state index < -0.39 is 0 Å². The van der Waals surface area contributed by atoms with Gasteiger partial charge in [0, 0.05) is 29.7 Å². The highest BCUT2D eigenvalue weighted by Crippen LogP contribution is 2.29.